The molecule has 4 rings (SSSR count). The van der Waals surface area contributed by atoms with Gasteiger partial charge in [0.25, 0.3) is 10.0 Å². The lowest BCUT2D eigenvalue weighted by Gasteiger charge is -2.09. The molecule has 30 heavy (non-hydrogen) atoms. The lowest BCUT2D eigenvalue weighted by Crippen LogP contribution is -2.14. The zero-order chi connectivity index (χ0) is 21.7. The van der Waals surface area contributed by atoms with Gasteiger partial charge in [0.15, 0.2) is 5.82 Å². The van der Waals surface area contributed by atoms with Crippen LogP contribution in [0.2, 0.25) is 0 Å². The Balaban J connectivity index is 1.73. The Hall–Kier alpha value is -3.41. The number of alkyl halides is 3. The molecule has 0 radical (unpaired) electrons. The van der Waals surface area contributed by atoms with E-state index in [1.54, 1.807) is 31.4 Å². The molecule has 0 aliphatic carbocycles. The Labute approximate surface area is 169 Å². The number of sulfonamides is 1. The molecule has 0 bridgehead atoms. The molecule has 0 saturated carbocycles. The molecule has 0 spiro atoms. The molecular formula is C18H15F3N6O2S. The summed E-state index contributed by atoms with van der Waals surface area (Å²) in [5, 5.41) is 8.89. The molecule has 4 aromatic rings. The van der Waals surface area contributed by atoms with Gasteiger partial charge >= 0.3 is 6.18 Å². The van der Waals surface area contributed by atoms with Crippen LogP contribution in [0.25, 0.3) is 16.7 Å². The van der Waals surface area contributed by atoms with Crippen molar-refractivity contribution in [3.63, 3.8) is 0 Å². The molecule has 3 heterocycles. The molecule has 12 heteroatoms. The van der Waals surface area contributed by atoms with Gasteiger partial charge in [0, 0.05) is 18.6 Å². The van der Waals surface area contributed by atoms with Crippen LogP contribution >= 0.6 is 0 Å². The molecule has 0 fully saturated rings. The minimum Gasteiger partial charge on any atom is -0.277 e. The van der Waals surface area contributed by atoms with E-state index < -0.39 is 21.8 Å². The third kappa shape index (κ3) is 3.49. The number of hydrogen-bond donors (Lipinski definition) is 1. The average molecular weight is 436 g/mol. The Morgan fingerprint density at radius 2 is 1.93 bits per heavy atom. The molecule has 0 atom stereocenters. The number of halogens is 3. The lowest BCUT2D eigenvalue weighted by molar-refractivity contribution is -0.137. The van der Waals surface area contributed by atoms with Gasteiger partial charge in [0.05, 0.1) is 34.9 Å². The SMILES string of the molecule is Cc1nn(-c2cc(C(F)(F)F)ccn2)cc1S(=O)(=O)Nc1cccc2cnn(C)c12. The van der Waals surface area contributed by atoms with E-state index in [1.807, 2.05) is 0 Å². The molecule has 0 aliphatic rings. The molecule has 1 N–H and O–H groups in total. The standard InChI is InChI=1S/C18H15F3N6O2S/c1-11-15(10-27(24-11)16-8-13(6-7-22-16)18(19,20)21)30(28,29)25-14-5-3-4-12-9-23-26(2)17(12)14/h3-10,25H,1-2H3. The van der Waals surface area contributed by atoms with Crippen LogP contribution in [0.15, 0.2) is 53.8 Å². The van der Waals surface area contributed by atoms with Gasteiger partial charge in [0.2, 0.25) is 0 Å². The van der Waals surface area contributed by atoms with E-state index in [0.717, 1.165) is 34.6 Å². The van der Waals surface area contributed by atoms with Gasteiger partial charge in [-0.15, -0.1) is 0 Å². The first kappa shape index (κ1) is 19.9. The first-order valence-corrected chi connectivity index (χ1v) is 10.1. The van der Waals surface area contributed by atoms with Crippen molar-refractivity contribution in [2.75, 3.05) is 4.72 Å². The van der Waals surface area contributed by atoms with E-state index in [4.69, 9.17) is 0 Å². The predicted octanol–water partition coefficient (Wildman–Crippen LogP) is 3.28. The zero-order valence-corrected chi connectivity index (χ0v) is 16.5. The van der Waals surface area contributed by atoms with Crippen molar-refractivity contribution in [2.45, 2.75) is 18.0 Å². The van der Waals surface area contributed by atoms with E-state index in [-0.39, 0.29) is 16.4 Å². The van der Waals surface area contributed by atoms with E-state index in [9.17, 15) is 21.6 Å². The number of aryl methyl sites for hydroxylation is 2. The van der Waals surface area contributed by atoms with Gasteiger partial charge in [-0.2, -0.15) is 23.4 Å². The number of pyridine rings is 1. The molecule has 3 aromatic heterocycles. The van der Waals surface area contributed by atoms with Gasteiger partial charge < -0.3 is 0 Å². The maximum atomic E-state index is 13.0. The highest BCUT2D eigenvalue weighted by molar-refractivity contribution is 7.92. The molecule has 0 saturated heterocycles. The van der Waals surface area contributed by atoms with E-state index in [1.165, 1.54) is 11.6 Å². The van der Waals surface area contributed by atoms with Gasteiger partial charge in [-0.1, -0.05) is 12.1 Å². The first-order chi connectivity index (χ1) is 14.1. The summed E-state index contributed by atoms with van der Waals surface area (Å²) in [6.07, 6.45) is -0.831. The largest absolute Gasteiger partial charge is 0.416 e. The summed E-state index contributed by atoms with van der Waals surface area (Å²) in [5.41, 5.74) is 0.104. The monoisotopic (exact) mass is 436 g/mol. The van der Waals surface area contributed by atoms with Crippen molar-refractivity contribution in [3.05, 3.63) is 60.2 Å². The number of para-hydroxylation sites is 1. The number of rotatable bonds is 4. The Morgan fingerprint density at radius 1 is 1.17 bits per heavy atom. The summed E-state index contributed by atoms with van der Waals surface area (Å²) in [6, 6.07) is 6.70. The van der Waals surface area contributed by atoms with Gasteiger partial charge in [0.1, 0.15) is 4.90 Å². The number of hydrogen-bond acceptors (Lipinski definition) is 5. The van der Waals surface area contributed by atoms with Crippen LogP contribution in [0.3, 0.4) is 0 Å². The summed E-state index contributed by atoms with van der Waals surface area (Å²) in [6.45, 7) is 1.45. The molecule has 0 unspecified atom stereocenters. The van der Waals surface area contributed by atoms with Crippen LogP contribution in [-0.4, -0.2) is 33.0 Å². The minimum atomic E-state index is -4.56. The number of anilines is 1. The Morgan fingerprint density at radius 3 is 2.67 bits per heavy atom. The first-order valence-electron chi connectivity index (χ1n) is 8.60. The predicted molar refractivity (Wildman–Crippen MR) is 103 cm³/mol. The van der Waals surface area contributed by atoms with Crippen LogP contribution in [0.4, 0.5) is 18.9 Å². The molecular weight excluding hydrogens is 421 g/mol. The third-order valence-corrected chi connectivity index (χ3v) is 5.92. The number of nitrogens with one attached hydrogen (secondary N) is 1. The second-order valence-electron chi connectivity index (χ2n) is 6.54. The molecule has 156 valence electrons. The van der Waals surface area contributed by atoms with Crippen LogP contribution in [0.5, 0.6) is 0 Å². The van der Waals surface area contributed by atoms with Crippen molar-refractivity contribution in [1.29, 1.82) is 0 Å². The zero-order valence-electron chi connectivity index (χ0n) is 15.7. The maximum absolute atomic E-state index is 13.0. The van der Waals surface area contributed by atoms with Crippen LogP contribution in [0.1, 0.15) is 11.3 Å². The number of nitrogens with zero attached hydrogens (tertiary/aromatic N) is 5. The van der Waals surface area contributed by atoms with E-state index in [2.05, 4.69) is 19.9 Å². The highest BCUT2D eigenvalue weighted by Gasteiger charge is 2.31. The number of fused-ring (bicyclic) bond motifs is 1. The van der Waals surface area contributed by atoms with Crippen LogP contribution in [-0.2, 0) is 23.2 Å². The van der Waals surface area contributed by atoms with Gasteiger partial charge in [-0.3, -0.25) is 9.40 Å². The third-order valence-electron chi connectivity index (χ3n) is 4.46. The quantitative estimate of drug-likeness (QED) is 0.530. The van der Waals surface area contributed by atoms with Gasteiger partial charge in [-0.25, -0.2) is 18.1 Å². The fourth-order valence-corrected chi connectivity index (χ4v) is 4.29. The summed E-state index contributed by atoms with van der Waals surface area (Å²) >= 11 is 0. The average Bonchev–Trinajstić information content (AvgIpc) is 3.25. The summed E-state index contributed by atoms with van der Waals surface area (Å²) < 4.78 is 69.9. The highest BCUT2D eigenvalue weighted by Crippen LogP contribution is 2.30. The summed E-state index contributed by atoms with van der Waals surface area (Å²) in [7, 11) is -2.40. The Bertz CT molecular complexity index is 1360. The lowest BCUT2D eigenvalue weighted by atomic mass is 10.2. The van der Waals surface area contributed by atoms with Crippen LogP contribution in [0, 0.1) is 6.92 Å². The Kier molecular flexibility index (Phi) is 4.53. The normalized spacial score (nSPS) is 12.4. The van der Waals surface area contributed by atoms with E-state index >= 15 is 0 Å². The van der Waals surface area contributed by atoms with Crippen molar-refractivity contribution in [3.8, 4) is 5.82 Å². The van der Waals surface area contributed by atoms with Crippen molar-refractivity contribution in [1.82, 2.24) is 24.5 Å². The fraction of sp³-hybridized carbons (Fsp3) is 0.167. The van der Waals surface area contributed by atoms with Gasteiger partial charge in [-0.05, 0) is 25.1 Å². The fourth-order valence-electron chi connectivity index (χ4n) is 3.06. The second kappa shape index (κ2) is 6.83. The van der Waals surface area contributed by atoms with Crippen molar-refractivity contribution in [2.24, 2.45) is 7.05 Å². The molecule has 0 aliphatic heterocycles. The van der Waals surface area contributed by atoms with E-state index in [0.29, 0.717) is 11.2 Å². The smallest absolute Gasteiger partial charge is 0.277 e. The number of aromatic nitrogens is 5. The van der Waals surface area contributed by atoms with Crippen molar-refractivity contribution < 1.29 is 21.6 Å². The highest BCUT2D eigenvalue weighted by atomic mass is 32.2. The van der Waals surface area contributed by atoms with Crippen LogP contribution < -0.4 is 4.72 Å². The van der Waals surface area contributed by atoms with Crippen molar-refractivity contribution >= 4 is 26.6 Å². The summed E-state index contributed by atoms with van der Waals surface area (Å²) in [4.78, 5) is 3.68. The maximum Gasteiger partial charge on any atom is 0.416 e. The topological polar surface area (TPSA) is 94.7 Å². The molecule has 8 nitrogen and oxygen atoms in total. The molecule has 0 amide bonds. The minimum absolute atomic E-state index is 0.110. The number of benzene rings is 1. The summed E-state index contributed by atoms with van der Waals surface area (Å²) in [5.74, 6) is -0.150. The second-order valence-corrected chi connectivity index (χ2v) is 8.19. The molecule has 1 aromatic carbocycles.